The zero-order chi connectivity index (χ0) is 24.7. The lowest BCUT2D eigenvalue weighted by atomic mass is 9.93. The first-order chi connectivity index (χ1) is 16.0. The normalized spacial score (nSPS) is 17.9. The monoisotopic (exact) mass is 488 g/mol. The first-order valence-electron chi connectivity index (χ1n) is 10.1. The SMILES string of the molecule is Cc1cccc(-c2ccc(C(F)(F)F)cc2)c1C(=O)NCC1(c2scnc2C)NC(=O)NC1=O. The Kier molecular flexibility index (Phi) is 5.90. The Morgan fingerprint density at radius 2 is 1.82 bits per heavy atom. The third-order valence-corrected chi connectivity index (χ3v) is 6.70. The van der Waals surface area contributed by atoms with Crippen LogP contribution in [0.25, 0.3) is 11.1 Å². The van der Waals surface area contributed by atoms with Crippen LogP contribution < -0.4 is 16.0 Å². The molecule has 1 fully saturated rings. The molecule has 1 aliphatic heterocycles. The number of carbonyl (C=O) groups excluding carboxylic acids is 3. The van der Waals surface area contributed by atoms with Crippen molar-refractivity contribution >= 4 is 29.2 Å². The number of hydrogen-bond donors (Lipinski definition) is 3. The van der Waals surface area contributed by atoms with Gasteiger partial charge in [0, 0.05) is 0 Å². The molecule has 2 aromatic carbocycles. The lowest BCUT2D eigenvalue weighted by Crippen LogP contribution is -2.52. The number of aromatic nitrogens is 1. The Bertz CT molecular complexity index is 1290. The van der Waals surface area contributed by atoms with E-state index in [2.05, 4.69) is 20.9 Å². The van der Waals surface area contributed by atoms with Gasteiger partial charge in [-0.15, -0.1) is 11.3 Å². The van der Waals surface area contributed by atoms with Crippen molar-refractivity contribution in [3.05, 3.63) is 75.2 Å². The van der Waals surface area contributed by atoms with E-state index in [0.29, 0.717) is 27.3 Å². The molecule has 3 N–H and O–H groups in total. The zero-order valence-electron chi connectivity index (χ0n) is 18.0. The van der Waals surface area contributed by atoms with Crippen LogP contribution in [0.4, 0.5) is 18.0 Å². The van der Waals surface area contributed by atoms with Gasteiger partial charge in [-0.1, -0.05) is 30.3 Å². The molecule has 4 amide bonds. The first-order valence-corrected chi connectivity index (χ1v) is 11.0. The smallest absolute Gasteiger partial charge is 0.349 e. The summed E-state index contributed by atoms with van der Waals surface area (Å²) in [5.74, 6) is -1.15. The number of benzene rings is 2. The summed E-state index contributed by atoms with van der Waals surface area (Å²) in [6.45, 7) is 3.15. The van der Waals surface area contributed by atoms with Crippen LogP contribution in [0.1, 0.15) is 32.1 Å². The highest BCUT2D eigenvalue weighted by Crippen LogP contribution is 2.33. The van der Waals surface area contributed by atoms with E-state index >= 15 is 0 Å². The summed E-state index contributed by atoms with van der Waals surface area (Å²) < 4.78 is 38.9. The van der Waals surface area contributed by atoms with Gasteiger partial charge >= 0.3 is 12.2 Å². The number of urea groups is 1. The molecule has 0 spiro atoms. The van der Waals surface area contributed by atoms with Gasteiger partial charge < -0.3 is 10.6 Å². The van der Waals surface area contributed by atoms with Gasteiger partial charge in [-0.2, -0.15) is 13.2 Å². The topological polar surface area (TPSA) is 100 Å². The van der Waals surface area contributed by atoms with Gasteiger partial charge in [0.05, 0.1) is 33.8 Å². The van der Waals surface area contributed by atoms with Crippen molar-refractivity contribution in [3.63, 3.8) is 0 Å². The fraction of sp³-hybridized carbons (Fsp3) is 0.217. The van der Waals surface area contributed by atoms with Crippen LogP contribution in [0.3, 0.4) is 0 Å². The molecule has 1 unspecified atom stereocenters. The summed E-state index contributed by atoms with van der Waals surface area (Å²) in [7, 11) is 0. The highest BCUT2D eigenvalue weighted by Gasteiger charge is 2.50. The van der Waals surface area contributed by atoms with Crippen molar-refractivity contribution in [2.45, 2.75) is 25.6 Å². The fourth-order valence-electron chi connectivity index (χ4n) is 3.92. The Labute approximate surface area is 196 Å². The van der Waals surface area contributed by atoms with Crippen molar-refractivity contribution < 1.29 is 27.6 Å². The second-order valence-corrected chi connectivity index (χ2v) is 8.69. The van der Waals surface area contributed by atoms with E-state index in [1.807, 2.05) is 0 Å². The number of rotatable bonds is 5. The summed E-state index contributed by atoms with van der Waals surface area (Å²) in [5.41, 5.74) is 1.49. The highest BCUT2D eigenvalue weighted by atomic mass is 32.1. The summed E-state index contributed by atoms with van der Waals surface area (Å²) >= 11 is 1.18. The third-order valence-electron chi connectivity index (χ3n) is 5.61. The molecular weight excluding hydrogens is 469 g/mol. The quantitative estimate of drug-likeness (QED) is 0.474. The minimum atomic E-state index is -4.47. The molecule has 0 radical (unpaired) electrons. The average molecular weight is 488 g/mol. The number of nitrogens with zero attached hydrogens (tertiary/aromatic N) is 1. The Morgan fingerprint density at radius 1 is 1.12 bits per heavy atom. The number of amides is 4. The number of nitrogens with one attached hydrogen (secondary N) is 3. The predicted octanol–water partition coefficient (Wildman–Crippen LogP) is 3.91. The van der Waals surface area contributed by atoms with Gasteiger partial charge in [0.25, 0.3) is 11.8 Å². The number of carbonyl (C=O) groups is 3. The maximum atomic E-state index is 13.3. The second-order valence-electron chi connectivity index (χ2n) is 7.84. The van der Waals surface area contributed by atoms with Gasteiger partial charge in [0.2, 0.25) is 0 Å². The number of hydrogen-bond acceptors (Lipinski definition) is 5. The zero-order valence-corrected chi connectivity index (χ0v) is 18.9. The molecular formula is C23H19F3N4O3S. The molecule has 0 saturated carbocycles. The predicted molar refractivity (Wildman–Crippen MR) is 119 cm³/mol. The van der Waals surface area contributed by atoms with Crippen LogP contribution in [-0.4, -0.2) is 29.4 Å². The Balaban J connectivity index is 1.66. The first kappa shape index (κ1) is 23.4. The van der Waals surface area contributed by atoms with Crippen molar-refractivity contribution in [2.24, 2.45) is 0 Å². The Morgan fingerprint density at radius 3 is 2.38 bits per heavy atom. The molecule has 1 aliphatic rings. The highest BCUT2D eigenvalue weighted by molar-refractivity contribution is 7.10. The molecule has 1 atom stereocenters. The standard InChI is InChI=1S/C23H19F3N4O3S/c1-12-4-3-5-16(14-6-8-15(9-7-14)23(24,25)26)17(12)19(31)27-10-22(18-13(2)28-11-34-18)20(32)29-21(33)30-22/h3-9,11H,10H2,1-2H3,(H,27,31)(H2,29,30,32,33). The Hall–Kier alpha value is -3.73. The van der Waals surface area contributed by atoms with E-state index in [0.717, 1.165) is 12.1 Å². The molecule has 176 valence electrons. The van der Waals surface area contributed by atoms with Gasteiger partial charge in [0.15, 0.2) is 5.54 Å². The van der Waals surface area contributed by atoms with E-state index in [1.165, 1.54) is 29.0 Å². The van der Waals surface area contributed by atoms with Crippen LogP contribution in [0.2, 0.25) is 0 Å². The molecule has 2 heterocycles. The maximum Gasteiger partial charge on any atom is 0.416 e. The van der Waals surface area contributed by atoms with Gasteiger partial charge in [-0.25, -0.2) is 9.78 Å². The van der Waals surface area contributed by atoms with E-state index in [-0.39, 0.29) is 12.1 Å². The van der Waals surface area contributed by atoms with E-state index < -0.39 is 35.1 Å². The van der Waals surface area contributed by atoms with E-state index in [9.17, 15) is 27.6 Å². The lowest BCUT2D eigenvalue weighted by Gasteiger charge is -2.26. The van der Waals surface area contributed by atoms with E-state index in [1.54, 1.807) is 32.0 Å². The molecule has 0 aliphatic carbocycles. The van der Waals surface area contributed by atoms with Crippen LogP contribution >= 0.6 is 11.3 Å². The van der Waals surface area contributed by atoms with Crippen molar-refractivity contribution in [1.82, 2.24) is 20.9 Å². The van der Waals surface area contributed by atoms with Crippen molar-refractivity contribution in [2.75, 3.05) is 6.54 Å². The molecule has 1 aromatic heterocycles. The molecule has 3 aromatic rings. The van der Waals surface area contributed by atoms with Crippen LogP contribution in [-0.2, 0) is 16.5 Å². The number of thiazole rings is 1. The van der Waals surface area contributed by atoms with Crippen LogP contribution in [0, 0.1) is 13.8 Å². The average Bonchev–Trinajstić information content (AvgIpc) is 3.33. The van der Waals surface area contributed by atoms with Gasteiger partial charge in [-0.05, 0) is 42.7 Å². The molecule has 34 heavy (non-hydrogen) atoms. The minimum absolute atomic E-state index is 0.243. The maximum absolute atomic E-state index is 13.3. The third kappa shape index (κ3) is 4.14. The van der Waals surface area contributed by atoms with Crippen LogP contribution in [0.15, 0.2) is 48.0 Å². The molecule has 4 rings (SSSR count). The molecule has 1 saturated heterocycles. The fourth-order valence-corrected chi connectivity index (χ4v) is 4.87. The number of halogens is 3. The summed E-state index contributed by atoms with van der Waals surface area (Å²) in [6, 6.07) is 8.88. The number of alkyl halides is 3. The molecule has 11 heteroatoms. The lowest BCUT2D eigenvalue weighted by molar-refractivity contribution is -0.137. The summed E-state index contributed by atoms with van der Waals surface area (Å²) in [5, 5.41) is 7.52. The van der Waals surface area contributed by atoms with Crippen molar-refractivity contribution in [1.29, 1.82) is 0 Å². The summed E-state index contributed by atoms with van der Waals surface area (Å²) in [4.78, 5) is 42.6. The number of aryl methyl sites for hydroxylation is 2. The number of imide groups is 1. The minimum Gasteiger partial charge on any atom is -0.349 e. The van der Waals surface area contributed by atoms with E-state index in [4.69, 9.17) is 0 Å². The largest absolute Gasteiger partial charge is 0.416 e. The van der Waals surface area contributed by atoms with Gasteiger partial charge in [0.1, 0.15) is 0 Å². The molecule has 0 bridgehead atoms. The van der Waals surface area contributed by atoms with Crippen LogP contribution in [0.5, 0.6) is 0 Å². The van der Waals surface area contributed by atoms with Gasteiger partial charge in [-0.3, -0.25) is 14.9 Å². The summed E-state index contributed by atoms with van der Waals surface area (Å²) in [6.07, 6.45) is -4.47. The molecule has 7 nitrogen and oxygen atoms in total. The van der Waals surface area contributed by atoms with Crippen molar-refractivity contribution in [3.8, 4) is 11.1 Å². The second kappa shape index (κ2) is 8.56.